The molecule has 0 spiro atoms. The van der Waals surface area contributed by atoms with Gasteiger partial charge in [-0.25, -0.2) is 0 Å². The van der Waals surface area contributed by atoms with Gasteiger partial charge in [-0.2, -0.15) is 0 Å². The normalized spacial score (nSPS) is 14.5. The number of aldehydes is 1. The topological polar surface area (TPSA) is 63.5 Å². The van der Waals surface area contributed by atoms with Crippen LogP contribution in [0.5, 0.6) is 11.5 Å². The fraction of sp³-hybridized carbons (Fsp3) is 0.308. The Kier molecular flexibility index (Phi) is 2.48. The fourth-order valence-electron chi connectivity index (χ4n) is 2.62. The van der Waals surface area contributed by atoms with Gasteiger partial charge in [-0.3, -0.25) is 4.79 Å². The van der Waals surface area contributed by atoms with Crippen molar-refractivity contribution < 1.29 is 14.6 Å². The zero-order valence-electron chi connectivity index (χ0n) is 10.1. The average molecular weight is 246 g/mol. The van der Waals surface area contributed by atoms with Crippen molar-refractivity contribution in [3.63, 3.8) is 0 Å². The van der Waals surface area contributed by atoms with Gasteiger partial charge in [0.15, 0.2) is 17.8 Å². The SMILES string of the molecule is COc1ccc2c(c1O)c(C=O)c1n2CCNC1. The Morgan fingerprint density at radius 1 is 1.50 bits per heavy atom. The maximum Gasteiger partial charge on any atom is 0.167 e. The number of nitrogens with one attached hydrogen (secondary N) is 1. The van der Waals surface area contributed by atoms with Crippen molar-refractivity contribution in [3.05, 3.63) is 23.4 Å². The number of nitrogens with zero attached hydrogens (tertiary/aromatic N) is 1. The second-order valence-electron chi connectivity index (χ2n) is 4.32. The minimum absolute atomic E-state index is 0.0407. The van der Waals surface area contributed by atoms with Gasteiger partial charge in [0.2, 0.25) is 0 Å². The molecular formula is C13H14N2O3. The smallest absolute Gasteiger partial charge is 0.167 e. The molecule has 0 saturated heterocycles. The van der Waals surface area contributed by atoms with Crippen LogP contribution in [0.25, 0.3) is 10.9 Å². The molecule has 1 aromatic carbocycles. The lowest BCUT2D eigenvalue weighted by Crippen LogP contribution is -2.28. The van der Waals surface area contributed by atoms with Gasteiger partial charge >= 0.3 is 0 Å². The lowest BCUT2D eigenvalue weighted by atomic mass is 10.1. The van der Waals surface area contributed by atoms with Gasteiger partial charge < -0.3 is 19.7 Å². The van der Waals surface area contributed by atoms with Crippen molar-refractivity contribution in [1.29, 1.82) is 0 Å². The van der Waals surface area contributed by atoms with E-state index in [1.165, 1.54) is 7.11 Å². The highest BCUT2D eigenvalue weighted by atomic mass is 16.5. The Morgan fingerprint density at radius 2 is 2.33 bits per heavy atom. The number of methoxy groups -OCH3 is 1. The Bertz CT molecular complexity index is 631. The fourth-order valence-corrected chi connectivity index (χ4v) is 2.62. The molecule has 1 aliphatic rings. The van der Waals surface area contributed by atoms with Gasteiger partial charge in [-0.15, -0.1) is 0 Å². The summed E-state index contributed by atoms with van der Waals surface area (Å²) >= 11 is 0. The lowest BCUT2D eigenvalue weighted by molar-refractivity contribution is 0.112. The number of rotatable bonds is 2. The molecule has 0 amide bonds. The Balaban J connectivity index is 2.42. The molecule has 5 heteroatoms. The molecule has 5 nitrogen and oxygen atoms in total. The van der Waals surface area contributed by atoms with Crippen LogP contribution in [-0.2, 0) is 13.1 Å². The lowest BCUT2D eigenvalue weighted by Gasteiger charge is -2.17. The molecule has 18 heavy (non-hydrogen) atoms. The van der Waals surface area contributed by atoms with Gasteiger partial charge in [0.25, 0.3) is 0 Å². The molecule has 0 atom stereocenters. The number of carbonyl (C=O) groups excluding carboxylic acids is 1. The molecule has 0 bridgehead atoms. The maximum absolute atomic E-state index is 11.3. The van der Waals surface area contributed by atoms with Crippen LogP contribution < -0.4 is 10.1 Å². The summed E-state index contributed by atoms with van der Waals surface area (Å²) in [5.41, 5.74) is 2.36. The first kappa shape index (κ1) is 11.1. The highest BCUT2D eigenvalue weighted by Crippen LogP contribution is 2.39. The van der Waals surface area contributed by atoms with Crippen molar-refractivity contribution in [2.45, 2.75) is 13.1 Å². The third-order valence-electron chi connectivity index (χ3n) is 3.46. The zero-order valence-corrected chi connectivity index (χ0v) is 10.1. The molecule has 0 fully saturated rings. The molecule has 0 radical (unpaired) electrons. The van der Waals surface area contributed by atoms with E-state index in [0.717, 1.165) is 30.6 Å². The van der Waals surface area contributed by atoms with Crippen LogP contribution in [0.3, 0.4) is 0 Å². The largest absolute Gasteiger partial charge is 0.504 e. The second-order valence-corrected chi connectivity index (χ2v) is 4.32. The summed E-state index contributed by atoms with van der Waals surface area (Å²) in [4.78, 5) is 11.3. The molecule has 3 rings (SSSR count). The van der Waals surface area contributed by atoms with Gasteiger partial charge in [0.1, 0.15) is 0 Å². The Hall–Kier alpha value is -2.01. The van der Waals surface area contributed by atoms with Crippen molar-refractivity contribution >= 4 is 17.2 Å². The molecular weight excluding hydrogens is 232 g/mol. The zero-order chi connectivity index (χ0) is 12.7. The van der Waals surface area contributed by atoms with E-state index in [1.54, 1.807) is 6.07 Å². The van der Waals surface area contributed by atoms with Gasteiger partial charge in [0, 0.05) is 30.9 Å². The average Bonchev–Trinajstić information content (AvgIpc) is 2.74. The molecule has 0 saturated carbocycles. The standard InChI is InChI=1S/C13H14N2O3/c1-18-11-3-2-9-12(13(11)17)8(7-16)10-6-14-4-5-15(9)10/h2-3,7,14,17H,4-6H2,1H3. The number of fused-ring (bicyclic) bond motifs is 3. The van der Waals surface area contributed by atoms with E-state index in [0.29, 0.717) is 23.2 Å². The minimum atomic E-state index is 0.0407. The molecule has 2 aromatic rings. The first-order chi connectivity index (χ1) is 8.77. The highest BCUT2D eigenvalue weighted by Gasteiger charge is 2.22. The number of hydrogen-bond donors (Lipinski definition) is 2. The van der Waals surface area contributed by atoms with E-state index in [4.69, 9.17) is 4.74 Å². The predicted molar refractivity (Wildman–Crippen MR) is 67.2 cm³/mol. The summed E-state index contributed by atoms with van der Waals surface area (Å²) < 4.78 is 7.17. The van der Waals surface area contributed by atoms with E-state index < -0.39 is 0 Å². The van der Waals surface area contributed by atoms with Crippen LogP contribution in [0, 0.1) is 0 Å². The number of hydrogen-bond acceptors (Lipinski definition) is 4. The Morgan fingerprint density at radius 3 is 3.06 bits per heavy atom. The number of phenolic OH excluding ortho intramolecular Hbond substituents is 1. The number of ether oxygens (including phenoxy) is 1. The monoisotopic (exact) mass is 246 g/mol. The van der Waals surface area contributed by atoms with Crippen molar-refractivity contribution in [2.75, 3.05) is 13.7 Å². The Labute approximate surface area is 104 Å². The van der Waals surface area contributed by atoms with Crippen LogP contribution in [0.4, 0.5) is 0 Å². The van der Waals surface area contributed by atoms with Gasteiger partial charge in [0.05, 0.1) is 18.0 Å². The summed E-state index contributed by atoms with van der Waals surface area (Å²) in [7, 11) is 1.50. The summed E-state index contributed by atoms with van der Waals surface area (Å²) in [5.74, 6) is 0.431. The van der Waals surface area contributed by atoms with Crippen molar-refractivity contribution in [3.8, 4) is 11.5 Å². The van der Waals surface area contributed by atoms with Crippen molar-refractivity contribution in [2.24, 2.45) is 0 Å². The second kappa shape index (κ2) is 4.03. The first-order valence-corrected chi connectivity index (χ1v) is 5.85. The number of carbonyl (C=O) groups is 1. The summed E-state index contributed by atoms with van der Waals surface area (Å²) in [6, 6.07) is 3.61. The summed E-state index contributed by atoms with van der Waals surface area (Å²) in [6.07, 6.45) is 0.806. The molecule has 1 aliphatic heterocycles. The first-order valence-electron chi connectivity index (χ1n) is 5.85. The maximum atomic E-state index is 11.3. The summed E-state index contributed by atoms with van der Waals surface area (Å²) in [5, 5.41) is 14.0. The van der Waals surface area contributed by atoms with E-state index in [1.807, 2.05) is 6.07 Å². The van der Waals surface area contributed by atoms with Crippen LogP contribution in [0.2, 0.25) is 0 Å². The van der Waals surface area contributed by atoms with Gasteiger partial charge in [-0.1, -0.05) is 0 Å². The van der Waals surface area contributed by atoms with Crippen LogP contribution in [0.15, 0.2) is 12.1 Å². The number of aromatic hydroxyl groups is 1. The minimum Gasteiger partial charge on any atom is -0.504 e. The predicted octanol–water partition coefficient (Wildman–Crippen LogP) is 1.27. The molecule has 2 N–H and O–H groups in total. The third-order valence-corrected chi connectivity index (χ3v) is 3.46. The van der Waals surface area contributed by atoms with Crippen LogP contribution in [0.1, 0.15) is 16.1 Å². The van der Waals surface area contributed by atoms with Gasteiger partial charge in [-0.05, 0) is 12.1 Å². The van der Waals surface area contributed by atoms with E-state index in [2.05, 4.69) is 9.88 Å². The van der Waals surface area contributed by atoms with E-state index in [9.17, 15) is 9.90 Å². The van der Waals surface area contributed by atoms with Crippen LogP contribution >= 0.6 is 0 Å². The molecule has 0 unspecified atom stereocenters. The molecule has 2 heterocycles. The number of benzene rings is 1. The number of phenols is 1. The molecule has 94 valence electrons. The molecule has 0 aliphatic carbocycles. The van der Waals surface area contributed by atoms with E-state index in [-0.39, 0.29) is 5.75 Å². The van der Waals surface area contributed by atoms with Crippen LogP contribution in [-0.4, -0.2) is 29.6 Å². The summed E-state index contributed by atoms with van der Waals surface area (Å²) in [6.45, 7) is 2.30. The van der Waals surface area contributed by atoms with Crippen molar-refractivity contribution in [1.82, 2.24) is 9.88 Å². The quantitative estimate of drug-likeness (QED) is 0.783. The molecule has 1 aromatic heterocycles. The number of aromatic nitrogens is 1. The van der Waals surface area contributed by atoms with E-state index >= 15 is 0 Å². The highest BCUT2D eigenvalue weighted by molar-refractivity contribution is 6.04. The third kappa shape index (κ3) is 1.34.